The molecule has 0 aliphatic heterocycles. The molecule has 0 heterocycles. The highest BCUT2D eigenvalue weighted by Gasteiger charge is 2.37. The minimum Gasteiger partial charge on any atom is -0.0599 e. The van der Waals surface area contributed by atoms with Crippen LogP contribution in [0.4, 0.5) is 0 Å². The van der Waals surface area contributed by atoms with Crippen molar-refractivity contribution in [2.45, 2.75) is 62.3 Å². The Morgan fingerprint density at radius 1 is 0.643 bits per heavy atom. The Hall–Kier alpha value is 0. The lowest BCUT2D eigenvalue weighted by atomic mass is 9.61. The van der Waals surface area contributed by atoms with Crippen LogP contribution in [0.2, 0.25) is 0 Å². The SMILES string of the molecule is CC(C)(C)[CH]C(C(C)(C)C)C(C)(C)C. The summed E-state index contributed by atoms with van der Waals surface area (Å²) in [5, 5.41) is 0. The number of hydrogen-bond donors (Lipinski definition) is 0. The quantitative estimate of drug-likeness (QED) is 0.558. The van der Waals surface area contributed by atoms with Crippen LogP contribution in [0, 0.1) is 28.6 Å². The van der Waals surface area contributed by atoms with Gasteiger partial charge in [-0.25, -0.2) is 0 Å². The van der Waals surface area contributed by atoms with Crippen molar-refractivity contribution in [3.05, 3.63) is 6.42 Å². The van der Waals surface area contributed by atoms with Gasteiger partial charge < -0.3 is 0 Å². The standard InChI is InChI=1S/C14H29/c1-12(2,3)10-11(13(4,5)6)14(7,8)9/h10-11H,1-9H3. The molecular weight excluding hydrogens is 168 g/mol. The lowest BCUT2D eigenvalue weighted by Gasteiger charge is -2.44. The second-order valence-electron chi connectivity index (χ2n) is 7.74. The van der Waals surface area contributed by atoms with Crippen LogP contribution >= 0.6 is 0 Å². The van der Waals surface area contributed by atoms with Gasteiger partial charge in [0, 0.05) is 0 Å². The van der Waals surface area contributed by atoms with Gasteiger partial charge in [0.2, 0.25) is 0 Å². The van der Waals surface area contributed by atoms with Crippen LogP contribution in [0.5, 0.6) is 0 Å². The molecule has 0 nitrogen and oxygen atoms in total. The highest BCUT2D eigenvalue weighted by atomic mass is 14.4. The van der Waals surface area contributed by atoms with Gasteiger partial charge in [-0.05, 0) is 28.6 Å². The summed E-state index contributed by atoms with van der Waals surface area (Å²) in [5.41, 5.74) is 1.02. The summed E-state index contributed by atoms with van der Waals surface area (Å²) in [6, 6.07) is 0. The van der Waals surface area contributed by atoms with Gasteiger partial charge in [0.25, 0.3) is 0 Å². The maximum absolute atomic E-state index is 2.52. The molecule has 0 heteroatoms. The van der Waals surface area contributed by atoms with E-state index in [-0.39, 0.29) is 0 Å². The third kappa shape index (κ3) is 5.02. The summed E-state index contributed by atoms with van der Waals surface area (Å²) in [6.45, 7) is 20.9. The molecule has 85 valence electrons. The molecule has 0 fully saturated rings. The average Bonchev–Trinajstić information content (AvgIpc) is 1.75. The molecule has 0 N–H and O–H groups in total. The van der Waals surface area contributed by atoms with Gasteiger partial charge in [-0.1, -0.05) is 62.3 Å². The second kappa shape index (κ2) is 3.87. The molecule has 1 radical (unpaired) electrons. The van der Waals surface area contributed by atoms with Gasteiger partial charge in [0.1, 0.15) is 0 Å². The molecule has 0 aliphatic rings. The predicted octanol–water partition coefficient (Wildman–Crippen LogP) is 4.95. The molecule has 0 bridgehead atoms. The Kier molecular flexibility index (Phi) is 3.87. The van der Waals surface area contributed by atoms with Gasteiger partial charge in [0.05, 0.1) is 0 Å². The van der Waals surface area contributed by atoms with Crippen molar-refractivity contribution in [3.8, 4) is 0 Å². The van der Waals surface area contributed by atoms with Crippen molar-refractivity contribution < 1.29 is 0 Å². The van der Waals surface area contributed by atoms with E-state index in [0.29, 0.717) is 22.2 Å². The molecule has 0 aromatic rings. The summed E-state index contributed by atoms with van der Waals surface area (Å²) in [4.78, 5) is 0. The van der Waals surface area contributed by atoms with Crippen molar-refractivity contribution in [2.24, 2.45) is 22.2 Å². The zero-order valence-corrected chi connectivity index (χ0v) is 11.7. The number of hydrogen-bond acceptors (Lipinski definition) is 0. The van der Waals surface area contributed by atoms with Gasteiger partial charge in [-0.15, -0.1) is 0 Å². The highest BCUT2D eigenvalue weighted by molar-refractivity contribution is 4.98. The summed E-state index contributed by atoms with van der Waals surface area (Å²) >= 11 is 0. The van der Waals surface area contributed by atoms with Crippen molar-refractivity contribution in [1.82, 2.24) is 0 Å². The minimum atomic E-state index is 0.311. The maximum atomic E-state index is 2.52. The smallest absolute Gasteiger partial charge is 0.0280 e. The van der Waals surface area contributed by atoms with Gasteiger partial charge in [0.15, 0.2) is 0 Å². The van der Waals surface area contributed by atoms with Crippen LogP contribution in [-0.4, -0.2) is 0 Å². The largest absolute Gasteiger partial charge is 0.0599 e. The van der Waals surface area contributed by atoms with Crippen molar-refractivity contribution in [3.63, 3.8) is 0 Å². The Labute approximate surface area is 91.5 Å². The van der Waals surface area contributed by atoms with Crippen LogP contribution in [0.1, 0.15) is 62.3 Å². The molecule has 0 saturated heterocycles. The zero-order chi connectivity index (χ0) is 11.8. The van der Waals surface area contributed by atoms with Crippen LogP contribution in [0.25, 0.3) is 0 Å². The van der Waals surface area contributed by atoms with E-state index in [1.54, 1.807) is 0 Å². The Bertz CT molecular complexity index is 154. The van der Waals surface area contributed by atoms with E-state index >= 15 is 0 Å². The second-order valence-corrected chi connectivity index (χ2v) is 7.74. The van der Waals surface area contributed by atoms with Crippen molar-refractivity contribution >= 4 is 0 Å². The lowest BCUT2D eigenvalue weighted by Crippen LogP contribution is -2.36. The molecule has 0 rings (SSSR count). The molecule has 0 aliphatic carbocycles. The maximum Gasteiger partial charge on any atom is -0.0280 e. The van der Waals surface area contributed by atoms with E-state index in [1.165, 1.54) is 0 Å². The normalized spacial score (nSPS) is 15.0. The van der Waals surface area contributed by atoms with E-state index in [4.69, 9.17) is 0 Å². The first-order valence-corrected chi connectivity index (χ1v) is 5.70. The fraction of sp³-hybridized carbons (Fsp3) is 0.929. The van der Waals surface area contributed by atoms with E-state index < -0.39 is 0 Å². The summed E-state index contributed by atoms with van der Waals surface area (Å²) < 4.78 is 0. The summed E-state index contributed by atoms with van der Waals surface area (Å²) in [5.74, 6) is 0.648. The van der Waals surface area contributed by atoms with Gasteiger partial charge in [-0.2, -0.15) is 0 Å². The van der Waals surface area contributed by atoms with Crippen LogP contribution in [0.15, 0.2) is 0 Å². The predicted molar refractivity (Wildman–Crippen MR) is 66.2 cm³/mol. The molecule has 0 atom stereocenters. The highest BCUT2D eigenvalue weighted by Crippen LogP contribution is 2.45. The van der Waals surface area contributed by atoms with E-state index in [2.05, 4.69) is 68.7 Å². The Morgan fingerprint density at radius 3 is 1.00 bits per heavy atom. The first kappa shape index (κ1) is 14.0. The van der Waals surface area contributed by atoms with Crippen LogP contribution in [-0.2, 0) is 0 Å². The fourth-order valence-corrected chi connectivity index (χ4v) is 2.30. The lowest BCUT2D eigenvalue weighted by molar-refractivity contribution is 0.111. The van der Waals surface area contributed by atoms with E-state index in [1.807, 2.05) is 0 Å². The van der Waals surface area contributed by atoms with E-state index in [0.717, 1.165) is 0 Å². The van der Waals surface area contributed by atoms with E-state index in [9.17, 15) is 0 Å². The molecular formula is C14H29. The third-order valence-electron chi connectivity index (χ3n) is 2.53. The zero-order valence-electron chi connectivity index (χ0n) is 11.7. The molecule has 0 unspecified atom stereocenters. The first-order chi connectivity index (χ1) is 5.84. The summed E-state index contributed by atoms with van der Waals surface area (Å²) in [7, 11) is 0. The molecule has 0 spiro atoms. The topological polar surface area (TPSA) is 0 Å². The Balaban J connectivity index is 4.78. The Morgan fingerprint density at radius 2 is 0.929 bits per heavy atom. The van der Waals surface area contributed by atoms with Crippen LogP contribution < -0.4 is 0 Å². The van der Waals surface area contributed by atoms with Crippen molar-refractivity contribution in [2.75, 3.05) is 0 Å². The molecule has 0 aromatic carbocycles. The average molecular weight is 197 g/mol. The molecule has 0 aromatic heterocycles. The first-order valence-electron chi connectivity index (χ1n) is 5.70. The monoisotopic (exact) mass is 197 g/mol. The molecule has 0 saturated carbocycles. The molecule has 14 heavy (non-hydrogen) atoms. The summed E-state index contributed by atoms with van der Waals surface area (Å²) in [6.07, 6.45) is 2.52. The number of rotatable bonds is 1. The molecule has 0 amide bonds. The van der Waals surface area contributed by atoms with Gasteiger partial charge >= 0.3 is 0 Å². The van der Waals surface area contributed by atoms with Crippen molar-refractivity contribution in [1.29, 1.82) is 0 Å². The fourth-order valence-electron chi connectivity index (χ4n) is 2.30. The minimum absolute atomic E-state index is 0.311. The van der Waals surface area contributed by atoms with Gasteiger partial charge in [-0.3, -0.25) is 0 Å². The van der Waals surface area contributed by atoms with Crippen LogP contribution in [0.3, 0.4) is 0 Å². The third-order valence-corrected chi connectivity index (χ3v) is 2.53.